The molecule has 1 aliphatic carbocycles. The fourth-order valence-corrected chi connectivity index (χ4v) is 3.96. The molecule has 0 spiro atoms. The molecule has 8 heteroatoms. The maximum absolute atomic E-state index is 12.6. The topological polar surface area (TPSA) is 92.3 Å². The van der Waals surface area contributed by atoms with E-state index >= 15 is 0 Å². The molecule has 0 unspecified atom stereocenters. The first-order chi connectivity index (χ1) is 14.6. The predicted octanol–water partition coefficient (Wildman–Crippen LogP) is 2.15. The van der Waals surface area contributed by atoms with Gasteiger partial charge in [0.1, 0.15) is 11.5 Å². The van der Waals surface area contributed by atoms with Gasteiger partial charge in [0.05, 0.1) is 50.5 Å². The van der Waals surface area contributed by atoms with Gasteiger partial charge in [0.15, 0.2) is 0 Å². The summed E-state index contributed by atoms with van der Waals surface area (Å²) in [6.07, 6.45) is 3.15. The van der Waals surface area contributed by atoms with E-state index in [9.17, 15) is 9.90 Å². The van der Waals surface area contributed by atoms with Crippen molar-refractivity contribution >= 4 is 17.3 Å². The van der Waals surface area contributed by atoms with Crippen LogP contribution in [0.1, 0.15) is 39.5 Å². The van der Waals surface area contributed by atoms with E-state index in [1.54, 1.807) is 0 Å². The summed E-state index contributed by atoms with van der Waals surface area (Å²) in [5, 5.41) is 15.9. The van der Waals surface area contributed by atoms with Crippen LogP contribution >= 0.6 is 0 Å². The number of carbonyl (C=O) groups excluding carboxylic acids is 1. The molecule has 0 aromatic heterocycles. The van der Waals surface area contributed by atoms with Crippen LogP contribution in [0, 0.1) is 0 Å². The standard InChI is InChI=1S/C22H35N3O5/c1-3-29-20-14-19(25-9-11-28-12-10-25)21(30-4-2)13-18(20)24-22(27)15-23-16-5-7-17(26)8-6-16/h13-14,16-17,23,26H,3-12,15H2,1-2H3,(H,24,27). The molecule has 3 rings (SSSR count). The molecule has 1 saturated heterocycles. The van der Waals surface area contributed by atoms with E-state index in [4.69, 9.17) is 14.2 Å². The highest BCUT2D eigenvalue weighted by molar-refractivity contribution is 5.94. The number of hydrogen-bond donors (Lipinski definition) is 3. The lowest BCUT2D eigenvalue weighted by molar-refractivity contribution is -0.115. The minimum Gasteiger partial charge on any atom is -0.492 e. The number of amides is 1. The molecule has 0 atom stereocenters. The van der Waals surface area contributed by atoms with Gasteiger partial charge >= 0.3 is 0 Å². The monoisotopic (exact) mass is 421 g/mol. The molecule has 2 aliphatic rings. The van der Waals surface area contributed by atoms with Gasteiger partial charge in [-0.3, -0.25) is 4.79 Å². The van der Waals surface area contributed by atoms with E-state index in [0.29, 0.717) is 37.9 Å². The molecule has 2 fully saturated rings. The highest BCUT2D eigenvalue weighted by Gasteiger charge is 2.22. The van der Waals surface area contributed by atoms with Crippen molar-refractivity contribution in [2.45, 2.75) is 51.7 Å². The van der Waals surface area contributed by atoms with Crippen LogP contribution in [-0.2, 0) is 9.53 Å². The first-order valence-electron chi connectivity index (χ1n) is 11.1. The van der Waals surface area contributed by atoms with Crippen LogP contribution in [0.4, 0.5) is 11.4 Å². The van der Waals surface area contributed by atoms with E-state index in [1.807, 2.05) is 26.0 Å². The van der Waals surface area contributed by atoms with Gasteiger partial charge in [0, 0.05) is 31.3 Å². The molecule has 30 heavy (non-hydrogen) atoms. The minimum absolute atomic E-state index is 0.122. The Morgan fingerprint density at radius 2 is 1.77 bits per heavy atom. The average molecular weight is 422 g/mol. The summed E-state index contributed by atoms with van der Waals surface area (Å²) in [5.41, 5.74) is 1.57. The normalized spacial score (nSPS) is 21.9. The Bertz CT molecular complexity index is 686. The second kappa shape index (κ2) is 11.4. The van der Waals surface area contributed by atoms with E-state index < -0.39 is 0 Å². The maximum atomic E-state index is 12.6. The van der Waals surface area contributed by atoms with Gasteiger partial charge in [0.2, 0.25) is 5.91 Å². The van der Waals surface area contributed by atoms with Crippen LogP contribution in [0.15, 0.2) is 12.1 Å². The molecule has 0 bridgehead atoms. The number of nitrogens with zero attached hydrogens (tertiary/aromatic N) is 1. The van der Waals surface area contributed by atoms with Gasteiger partial charge in [-0.05, 0) is 39.5 Å². The summed E-state index contributed by atoms with van der Waals surface area (Å²) in [7, 11) is 0. The van der Waals surface area contributed by atoms with Crippen LogP contribution in [-0.4, -0.2) is 69.2 Å². The number of ether oxygens (including phenoxy) is 3. The molecule has 1 aromatic rings. The van der Waals surface area contributed by atoms with Crippen molar-refractivity contribution in [3.05, 3.63) is 12.1 Å². The average Bonchev–Trinajstić information content (AvgIpc) is 2.76. The Hall–Kier alpha value is -2.03. The highest BCUT2D eigenvalue weighted by Crippen LogP contribution is 2.39. The lowest BCUT2D eigenvalue weighted by atomic mass is 9.93. The smallest absolute Gasteiger partial charge is 0.238 e. The molecular weight excluding hydrogens is 386 g/mol. The van der Waals surface area contributed by atoms with Gasteiger partial charge in [0.25, 0.3) is 0 Å². The number of benzene rings is 1. The lowest BCUT2D eigenvalue weighted by Crippen LogP contribution is -2.39. The highest BCUT2D eigenvalue weighted by atomic mass is 16.5. The minimum atomic E-state index is -0.201. The zero-order valence-corrected chi connectivity index (χ0v) is 18.1. The summed E-state index contributed by atoms with van der Waals surface area (Å²) >= 11 is 0. The summed E-state index contributed by atoms with van der Waals surface area (Å²) in [5.74, 6) is 1.24. The van der Waals surface area contributed by atoms with Crippen LogP contribution in [0.5, 0.6) is 11.5 Å². The Balaban J connectivity index is 1.70. The van der Waals surface area contributed by atoms with Crippen LogP contribution in [0.25, 0.3) is 0 Å². The first-order valence-corrected chi connectivity index (χ1v) is 11.1. The molecule has 1 aromatic carbocycles. The van der Waals surface area contributed by atoms with Gasteiger partial charge in [-0.25, -0.2) is 0 Å². The van der Waals surface area contributed by atoms with Crippen molar-refractivity contribution in [1.82, 2.24) is 5.32 Å². The number of anilines is 2. The second-order valence-electron chi connectivity index (χ2n) is 7.72. The lowest BCUT2D eigenvalue weighted by Gasteiger charge is -2.31. The van der Waals surface area contributed by atoms with Gasteiger partial charge < -0.3 is 34.9 Å². The molecule has 1 aliphatic heterocycles. The molecule has 0 radical (unpaired) electrons. The Morgan fingerprint density at radius 1 is 1.10 bits per heavy atom. The fraction of sp³-hybridized carbons (Fsp3) is 0.682. The number of carbonyl (C=O) groups is 1. The van der Waals surface area contributed by atoms with Crippen molar-refractivity contribution in [3.63, 3.8) is 0 Å². The van der Waals surface area contributed by atoms with Crippen molar-refractivity contribution in [2.75, 3.05) is 56.3 Å². The number of nitrogens with one attached hydrogen (secondary N) is 2. The van der Waals surface area contributed by atoms with Crippen LogP contribution < -0.4 is 25.0 Å². The van der Waals surface area contributed by atoms with Crippen LogP contribution in [0.3, 0.4) is 0 Å². The van der Waals surface area contributed by atoms with Crippen molar-refractivity contribution in [3.8, 4) is 11.5 Å². The van der Waals surface area contributed by atoms with Gasteiger partial charge in [-0.15, -0.1) is 0 Å². The number of aliphatic hydroxyl groups is 1. The summed E-state index contributed by atoms with van der Waals surface area (Å²) in [6, 6.07) is 4.08. The van der Waals surface area contributed by atoms with Crippen molar-refractivity contribution in [2.24, 2.45) is 0 Å². The molecular formula is C22H35N3O5. The molecule has 8 nitrogen and oxygen atoms in total. The Morgan fingerprint density at radius 3 is 2.43 bits per heavy atom. The fourth-order valence-electron chi connectivity index (χ4n) is 3.96. The van der Waals surface area contributed by atoms with Crippen LogP contribution in [0.2, 0.25) is 0 Å². The second-order valence-corrected chi connectivity index (χ2v) is 7.72. The first kappa shape index (κ1) is 22.7. The van der Waals surface area contributed by atoms with E-state index in [-0.39, 0.29) is 24.6 Å². The number of aliphatic hydroxyl groups excluding tert-OH is 1. The number of rotatable bonds is 9. The third-order valence-corrected chi connectivity index (χ3v) is 5.53. The molecule has 1 amide bonds. The number of hydrogen-bond acceptors (Lipinski definition) is 7. The van der Waals surface area contributed by atoms with Crippen molar-refractivity contribution in [1.29, 1.82) is 0 Å². The molecule has 3 N–H and O–H groups in total. The molecule has 1 heterocycles. The maximum Gasteiger partial charge on any atom is 0.238 e. The summed E-state index contributed by atoms with van der Waals surface area (Å²) < 4.78 is 17.2. The Labute approximate surface area is 178 Å². The Kier molecular flexibility index (Phi) is 8.60. The third kappa shape index (κ3) is 6.23. The summed E-state index contributed by atoms with van der Waals surface area (Å²) in [6.45, 7) is 8.07. The molecule has 1 saturated carbocycles. The predicted molar refractivity (Wildman–Crippen MR) is 117 cm³/mol. The van der Waals surface area contributed by atoms with Gasteiger partial charge in [-0.2, -0.15) is 0 Å². The zero-order chi connectivity index (χ0) is 21.3. The number of morpholine rings is 1. The van der Waals surface area contributed by atoms with E-state index in [0.717, 1.165) is 50.2 Å². The van der Waals surface area contributed by atoms with Crippen molar-refractivity contribution < 1.29 is 24.1 Å². The van der Waals surface area contributed by atoms with E-state index in [2.05, 4.69) is 15.5 Å². The quantitative estimate of drug-likeness (QED) is 0.563. The molecule has 168 valence electrons. The largest absolute Gasteiger partial charge is 0.492 e. The van der Waals surface area contributed by atoms with E-state index in [1.165, 1.54) is 0 Å². The SMILES string of the molecule is CCOc1cc(N2CCOCC2)c(OCC)cc1NC(=O)CNC1CCC(O)CC1. The third-order valence-electron chi connectivity index (χ3n) is 5.53. The summed E-state index contributed by atoms with van der Waals surface area (Å²) in [4.78, 5) is 14.8. The van der Waals surface area contributed by atoms with Gasteiger partial charge in [-0.1, -0.05) is 0 Å². The zero-order valence-electron chi connectivity index (χ0n) is 18.1.